The zero-order valence-electron chi connectivity index (χ0n) is 23.9. The monoisotopic (exact) mass is 681 g/mol. The summed E-state index contributed by atoms with van der Waals surface area (Å²) in [5.74, 6) is 0.495. The number of hydrogen-bond acceptors (Lipinski definition) is 2. The molecule has 2 nitrogen and oxygen atoms in total. The van der Waals surface area contributed by atoms with E-state index in [1.165, 1.54) is 6.07 Å². The Bertz CT molecular complexity index is 1550. The lowest BCUT2D eigenvalue weighted by atomic mass is 9.95. The van der Waals surface area contributed by atoms with Gasteiger partial charge >= 0.3 is 6.18 Å². The van der Waals surface area contributed by atoms with Crippen LogP contribution in [-0.2, 0) is 19.3 Å². The molecule has 0 amide bonds. The van der Waals surface area contributed by atoms with E-state index in [1.807, 2.05) is 79.7 Å². The molecule has 1 fully saturated rings. The summed E-state index contributed by atoms with van der Waals surface area (Å²) in [6.07, 6.45) is 2.10. The Morgan fingerprint density at radius 1 is 0.881 bits per heavy atom. The highest BCUT2D eigenvalue weighted by Crippen LogP contribution is 2.38. The Hall–Kier alpha value is -3.10. The molecule has 6 heteroatoms. The van der Waals surface area contributed by atoms with Crippen LogP contribution in [0.15, 0.2) is 84.9 Å². The first-order valence-electron chi connectivity index (χ1n) is 14.4. The van der Waals surface area contributed by atoms with Crippen molar-refractivity contribution in [1.82, 2.24) is 4.90 Å². The molecule has 1 aliphatic rings. The molecule has 1 saturated heterocycles. The fourth-order valence-electron chi connectivity index (χ4n) is 5.61. The molecule has 0 N–H and O–H groups in total. The van der Waals surface area contributed by atoms with Crippen molar-refractivity contribution < 1.29 is 17.9 Å². The molecule has 0 saturated carbocycles. The number of rotatable bonds is 8. The summed E-state index contributed by atoms with van der Waals surface area (Å²) in [4.78, 5) is 2.27. The molecular weight excluding hydrogens is 646 g/mol. The molecule has 1 aliphatic heterocycles. The molecular formula is C36H35F3INO. The zero-order valence-corrected chi connectivity index (χ0v) is 26.1. The van der Waals surface area contributed by atoms with E-state index in [1.54, 1.807) is 18.2 Å². The molecule has 0 aliphatic carbocycles. The first kappa shape index (κ1) is 30.4. The van der Waals surface area contributed by atoms with Gasteiger partial charge in [-0.15, -0.1) is 0 Å². The van der Waals surface area contributed by atoms with E-state index in [4.69, 9.17) is 4.74 Å². The third kappa shape index (κ3) is 7.27. The van der Waals surface area contributed by atoms with Crippen LogP contribution in [0.5, 0.6) is 5.75 Å². The van der Waals surface area contributed by atoms with Gasteiger partial charge in [0.2, 0.25) is 0 Å². The minimum Gasteiger partial charge on any atom is -0.489 e. The Kier molecular flexibility index (Phi) is 9.74. The van der Waals surface area contributed by atoms with E-state index in [9.17, 15) is 13.2 Å². The molecule has 0 bridgehead atoms. The van der Waals surface area contributed by atoms with Crippen LogP contribution in [-0.4, -0.2) is 17.5 Å². The highest BCUT2D eigenvalue weighted by molar-refractivity contribution is 14.1. The van der Waals surface area contributed by atoms with Crippen LogP contribution in [0.25, 0.3) is 23.3 Å². The van der Waals surface area contributed by atoms with Gasteiger partial charge in [0.25, 0.3) is 0 Å². The Morgan fingerprint density at radius 3 is 2.36 bits per heavy atom. The summed E-state index contributed by atoms with van der Waals surface area (Å²) in [5, 5.41) is 0. The van der Waals surface area contributed by atoms with E-state index >= 15 is 0 Å². The van der Waals surface area contributed by atoms with Crippen LogP contribution in [0.4, 0.5) is 13.2 Å². The Morgan fingerprint density at radius 2 is 1.62 bits per heavy atom. The fourth-order valence-corrected chi connectivity index (χ4v) is 6.15. The van der Waals surface area contributed by atoms with E-state index < -0.39 is 11.7 Å². The maximum absolute atomic E-state index is 14.5. The largest absolute Gasteiger partial charge is 0.489 e. The van der Waals surface area contributed by atoms with Crippen LogP contribution in [0.2, 0.25) is 0 Å². The summed E-state index contributed by atoms with van der Waals surface area (Å²) >= 11 is 2.26. The summed E-state index contributed by atoms with van der Waals surface area (Å²) in [7, 11) is 0. The Balaban J connectivity index is 1.54. The minimum absolute atomic E-state index is 0.0974. The zero-order chi connectivity index (χ0) is 29.7. The van der Waals surface area contributed by atoms with E-state index in [-0.39, 0.29) is 12.2 Å². The molecule has 42 heavy (non-hydrogen) atoms. The van der Waals surface area contributed by atoms with Crippen LogP contribution >= 0.6 is 22.6 Å². The van der Waals surface area contributed by atoms with Gasteiger partial charge in [0, 0.05) is 27.3 Å². The number of benzene rings is 4. The van der Waals surface area contributed by atoms with E-state index in [2.05, 4.69) is 34.4 Å². The number of alkyl halides is 3. The highest BCUT2D eigenvalue weighted by Gasteiger charge is 2.34. The smallest absolute Gasteiger partial charge is 0.417 e. The topological polar surface area (TPSA) is 12.5 Å². The van der Waals surface area contributed by atoms with Gasteiger partial charge in [-0.2, -0.15) is 13.2 Å². The Labute approximate surface area is 260 Å². The first-order valence-corrected chi connectivity index (χ1v) is 15.5. The summed E-state index contributed by atoms with van der Waals surface area (Å²) in [5.41, 5.74) is 5.04. The van der Waals surface area contributed by atoms with Gasteiger partial charge in [-0.3, -0.25) is 4.90 Å². The summed E-state index contributed by atoms with van der Waals surface area (Å²) < 4.78 is 50.9. The van der Waals surface area contributed by atoms with Crippen molar-refractivity contribution in [2.45, 2.75) is 58.5 Å². The predicted molar refractivity (Wildman–Crippen MR) is 174 cm³/mol. The molecule has 1 heterocycles. The van der Waals surface area contributed by atoms with Crippen LogP contribution in [0.3, 0.4) is 0 Å². The average Bonchev–Trinajstić information content (AvgIpc) is 2.98. The highest BCUT2D eigenvalue weighted by atomic mass is 127. The third-order valence-corrected chi connectivity index (χ3v) is 9.15. The van der Waals surface area contributed by atoms with Crippen molar-refractivity contribution in [2.24, 2.45) is 0 Å². The first-order chi connectivity index (χ1) is 20.2. The maximum atomic E-state index is 14.5. The normalized spacial score (nSPS) is 16.2. The third-order valence-electron chi connectivity index (χ3n) is 8.10. The van der Waals surface area contributed by atoms with E-state index in [0.29, 0.717) is 23.9 Å². The van der Waals surface area contributed by atoms with Crippen LogP contribution in [0.1, 0.15) is 59.6 Å². The van der Waals surface area contributed by atoms with Crippen LogP contribution < -0.4 is 4.74 Å². The average molecular weight is 682 g/mol. The van der Waals surface area contributed by atoms with Crippen molar-refractivity contribution >= 4 is 34.7 Å². The molecule has 0 radical (unpaired) electrons. The van der Waals surface area contributed by atoms with Crippen molar-refractivity contribution in [3.8, 4) is 16.9 Å². The fraction of sp³-hybridized carbons (Fsp3) is 0.278. The van der Waals surface area contributed by atoms with Gasteiger partial charge in [0.1, 0.15) is 12.4 Å². The van der Waals surface area contributed by atoms with Crippen molar-refractivity contribution in [3.63, 3.8) is 0 Å². The molecule has 4 aromatic rings. The molecule has 5 rings (SSSR count). The second-order valence-electron chi connectivity index (χ2n) is 11.0. The lowest BCUT2D eigenvalue weighted by molar-refractivity contribution is -0.137. The minimum atomic E-state index is -4.50. The lowest BCUT2D eigenvalue weighted by Crippen LogP contribution is -2.36. The number of likely N-dealkylation sites (tertiary alicyclic amines) is 1. The van der Waals surface area contributed by atoms with E-state index in [0.717, 1.165) is 57.2 Å². The second-order valence-corrected chi connectivity index (χ2v) is 12.1. The molecule has 0 aromatic heterocycles. The standard InChI is InChI=1S/C36H35F3INO/c1-25-11-8-9-20-41(25)23-31-21-33(36(37,38)39)29(22-35(31)42-24-30-14-6-7-17-34(30)40)19-18-27-15-10-16-32(26(27)2)28-12-4-3-5-13-28/h3-7,10,12-19,21-22,25H,8-9,11,20,23-24H2,1-2H3/b19-18+/t25-/m1/s1. The number of halogens is 4. The molecule has 0 unspecified atom stereocenters. The quantitative estimate of drug-likeness (QED) is 0.136. The van der Waals surface area contributed by atoms with Crippen molar-refractivity contribution in [3.05, 3.63) is 122 Å². The number of piperidine rings is 1. The van der Waals surface area contributed by atoms with Gasteiger partial charge in [0.05, 0.1) is 5.56 Å². The predicted octanol–water partition coefficient (Wildman–Crippen LogP) is 10.4. The van der Waals surface area contributed by atoms with Gasteiger partial charge in [-0.05, 0) is 102 Å². The number of nitrogens with zero attached hydrogens (tertiary/aromatic N) is 1. The lowest BCUT2D eigenvalue weighted by Gasteiger charge is -2.34. The SMILES string of the molecule is Cc1c(/C=C/c2cc(OCc3ccccc3I)c(CN3CCCC[C@H]3C)cc2C(F)(F)F)cccc1-c1ccccc1. The molecule has 218 valence electrons. The van der Waals surface area contributed by atoms with Gasteiger partial charge < -0.3 is 4.74 Å². The summed E-state index contributed by atoms with van der Waals surface area (Å²) in [6, 6.07) is 27.0. The summed E-state index contributed by atoms with van der Waals surface area (Å²) in [6.45, 7) is 5.74. The van der Waals surface area contributed by atoms with Gasteiger partial charge in [-0.1, -0.05) is 85.3 Å². The molecule has 4 aromatic carbocycles. The van der Waals surface area contributed by atoms with Crippen molar-refractivity contribution in [1.29, 1.82) is 0 Å². The molecule has 0 spiro atoms. The second kappa shape index (κ2) is 13.5. The number of hydrogen-bond donors (Lipinski definition) is 0. The van der Waals surface area contributed by atoms with Crippen LogP contribution in [0, 0.1) is 10.5 Å². The molecule has 1 atom stereocenters. The maximum Gasteiger partial charge on any atom is 0.417 e. The number of ether oxygens (including phenoxy) is 1. The van der Waals surface area contributed by atoms with Gasteiger partial charge in [0.15, 0.2) is 0 Å². The van der Waals surface area contributed by atoms with Gasteiger partial charge in [-0.25, -0.2) is 0 Å². The van der Waals surface area contributed by atoms with Crippen molar-refractivity contribution in [2.75, 3.05) is 6.54 Å².